The number of carbonyl (C=O) groups excluding carboxylic acids is 1. The highest BCUT2D eigenvalue weighted by Gasteiger charge is 2.26. The predicted molar refractivity (Wildman–Crippen MR) is 97.1 cm³/mol. The molecule has 0 radical (unpaired) electrons. The van der Waals surface area contributed by atoms with Crippen LogP contribution in [0.2, 0.25) is 0 Å². The normalized spacial score (nSPS) is 16.0. The minimum absolute atomic E-state index is 0.194. The number of sulfonamides is 1. The van der Waals surface area contributed by atoms with Crippen molar-refractivity contribution in [3.63, 3.8) is 0 Å². The predicted octanol–water partition coefficient (Wildman–Crippen LogP) is 2.26. The fourth-order valence-corrected chi connectivity index (χ4v) is 3.94. The van der Waals surface area contributed by atoms with Gasteiger partial charge in [-0.15, -0.1) is 0 Å². The largest absolute Gasteiger partial charge is 0.462 e. The lowest BCUT2D eigenvalue weighted by molar-refractivity contribution is -0.111. The topological polar surface area (TPSA) is 88.9 Å². The molecular weight excluding hydrogens is 356 g/mol. The third-order valence-electron chi connectivity index (χ3n) is 3.89. The van der Waals surface area contributed by atoms with Crippen LogP contribution in [0.3, 0.4) is 0 Å². The fourth-order valence-electron chi connectivity index (χ4n) is 2.53. The van der Waals surface area contributed by atoms with Crippen molar-refractivity contribution < 1.29 is 22.4 Å². The number of hydrogen-bond acceptors (Lipinski definition) is 5. The Morgan fingerprint density at radius 3 is 2.42 bits per heavy atom. The summed E-state index contributed by atoms with van der Waals surface area (Å²) in [6.45, 7) is 3.31. The molecule has 1 aliphatic rings. The smallest absolute Gasteiger partial charge is 0.248 e. The Balaban J connectivity index is 1.63. The monoisotopic (exact) mass is 376 g/mol. The van der Waals surface area contributed by atoms with Crippen molar-refractivity contribution in [2.75, 3.05) is 31.6 Å². The molecular formula is C18H20N2O5S. The summed E-state index contributed by atoms with van der Waals surface area (Å²) in [5.74, 6) is 1.02. The number of rotatable bonds is 5. The van der Waals surface area contributed by atoms with Crippen LogP contribution in [0.15, 0.2) is 51.8 Å². The van der Waals surface area contributed by atoms with E-state index in [2.05, 4.69) is 5.32 Å². The first-order valence-corrected chi connectivity index (χ1v) is 9.63. The molecule has 2 aromatic rings. The average Bonchev–Trinajstić information content (AvgIpc) is 3.06. The van der Waals surface area contributed by atoms with Crippen LogP contribution in [0.5, 0.6) is 0 Å². The van der Waals surface area contributed by atoms with Gasteiger partial charge in [0.05, 0.1) is 18.1 Å². The van der Waals surface area contributed by atoms with Crippen LogP contribution >= 0.6 is 0 Å². The van der Waals surface area contributed by atoms with Gasteiger partial charge in [-0.1, -0.05) is 0 Å². The Kier molecular flexibility index (Phi) is 5.55. The minimum Gasteiger partial charge on any atom is -0.462 e. The Hall–Kier alpha value is -2.42. The van der Waals surface area contributed by atoms with Crippen LogP contribution < -0.4 is 5.32 Å². The first-order chi connectivity index (χ1) is 12.4. The van der Waals surface area contributed by atoms with E-state index in [1.807, 2.05) is 13.0 Å². The van der Waals surface area contributed by atoms with E-state index in [0.717, 1.165) is 5.76 Å². The number of hydrogen-bond donors (Lipinski definition) is 1. The van der Waals surface area contributed by atoms with E-state index in [0.29, 0.717) is 37.8 Å². The van der Waals surface area contributed by atoms with E-state index in [9.17, 15) is 13.2 Å². The lowest BCUT2D eigenvalue weighted by Gasteiger charge is -2.26. The minimum atomic E-state index is -3.54. The number of morpholine rings is 1. The Bertz CT molecular complexity index is 894. The Labute approximate surface area is 152 Å². The van der Waals surface area contributed by atoms with Gasteiger partial charge in [-0.3, -0.25) is 4.79 Å². The van der Waals surface area contributed by atoms with Crippen LogP contribution in [0, 0.1) is 6.92 Å². The van der Waals surface area contributed by atoms with E-state index in [4.69, 9.17) is 9.15 Å². The molecule has 1 N–H and O–H groups in total. The van der Waals surface area contributed by atoms with Crippen molar-refractivity contribution in [1.29, 1.82) is 0 Å². The first-order valence-electron chi connectivity index (χ1n) is 8.18. The molecule has 26 heavy (non-hydrogen) atoms. The molecule has 0 aliphatic carbocycles. The van der Waals surface area contributed by atoms with Gasteiger partial charge in [0.2, 0.25) is 15.9 Å². The van der Waals surface area contributed by atoms with Gasteiger partial charge in [-0.25, -0.2) is 8.42 Å². The number of ether oxygens (including phenoxy) is 1. The Morgan fingerprint density at radius 2 is 1.81 bits per heavy atom. The molecule has 8 heteroatoms. The van der Waals surface area contributed by atoms with Gasteiger partial charge in [0.1, 0.15) is 11.5 Å². The standard InChI is InChI=1S/C18H20N2O5S/c1-14-2-5-16(25-14)6-9-18(21)19-15-3-7-17(8-4-15)26(22,23)20-10-12-24-13-11-20/h2-9H,10-13H2,1H3,(H,19,21)/b9-6+. The summed E-state index contributed by atoms with van der Waals surface area (Å²) < 4.78 is 37.0. The molecule has 7 nitrogen and oxygen atoms in total. The summed E-state index contributed by atoms with van der Waals surface area (Å²) in [5.41, 5.74) is 0.510. The average molecular weight is 376 g/mol. The number of furan rings is 1. The number of carbonyl (C=O) groups is 1. The zero-order valence-electron chi connectivity index (χ0n) is 14.3. The lowest BCUT2D eigenvalue weighted by atomic mass is 10.3. The summed E-state index contributed by atoms with van der Waals surface area (Å²) in [5, 5.41) is 2.68. The zero-order chi connectivity index (χ0) is 18.6. The van der Waals surface area contributed by atoms with E-state index >= 15 is 0 Å². The highest BCUT2D eigenvalue weighted by Crippen LogP contribution is 2.19. The summed E-state index contributed by atoms with van der Waals surface area (Å²) in [6, 6.07) is 9.68. The van der Waals surface area contributed by atoms with Crippen molar-refractivity contribution in [3.05, 3.63) is 54.0 Å². The van der Waals surface area contributed by atoms with Gasteiger partial charge in [0, 0.05) is 24.9 Å². The van der Waals surface area contributed by atoms with Gasteiger partial charge >= 0.3 is 0 Å². The van der Waals surface area contributed by atoms with Crippen molar-refractivity contribution in [1.82, 2.24) is 4.31 Å². The number of aryl methyl sites for hydroxylation is 1. The molecule has 1 saturated heterocycles. The summed E-state index contributed by atoms with van der Waals surface area (Å²) in [4.78, 5) is 12.1. The van der Waals surface area contributed by atoms with E-state index in [1.165, 1.54) is 22.5 Å². The van der Waals surface area contributed by atoms with Crippen LogP contribution in [0.25, 0.3) is 6.08 Å². The molecule has 2 heterocycles. The fraction of sp³-hybridized carbons (Fsp3) is 0.278. The molecule has 1 aromatic heterocycles. The summed E-state index contributed by atoms with van der Waals surface area (Å²) in [6.07, 6.45) is 2.93. The summed E-state index contributed by atoms with van der Waals surface area (Å²) >= 11 is 0. The second-order valence-corrected chi connectivity index (χ2v) is 7.75. The molecule has 0 saturated carbocycles. The highest BCUT2D eigenvalue weighted by atomic mass is 32.2. The molecule has 1 fully saturated rings. The van der Waals surface area contributed by atoms with Crippen LogP contribution in [-0.4, -0.2) is 44.9 Å². The number of nitrogens with zero attached hydrogens (tertiary/aromatic N) is 1. The maximum Gasteiger partial charge on any atom is 0.248 e. The van der Waals surface area contributed by atoms with Gasteiger partial charge in [0.25, 0.3) is 0 Å². The molecule has 1 aromatic carbocycles. The quantitative estimate of drug-likeness (QED) is 0.809. The van der Waals surface area contributed by atoms with Crippen molar-refractivity contribution >= 4 is 27.7 Å². The first kappa shape index (κ1) is 18.4. The molecule has 0 unspecified atom stereocenters. The molecule has 3 rings (SSSR count). The molecule has 0 spiro atoms. The van der Waals surface area contributed by atoms with Crippen molar-refractivity contribution in [2.24, 2.45) is 0 Å². The Morgan fingerprint density at radius 1 is 1.12 bits per heavy atom. The van der Waals surface area contributed by atoms with Gasteiger partial charge in [-0.2, -0.15) is 4.31 Å². The van der Waals surface area contributed by atoms with Crippen molar-refractivity contribution in [2.45, 2.75) is 11.8 Å². The SMILES string of the molecule is Cc1ccc(/C=C/C(=O)Nc2ccc(S(=O)(=O)N3CCOCC3)cc2)o1. The van der Waals surface area contributed by atoms with Crippen LogP contribution in [0.1, 0.15) is 11.5 Å². The zero-order valence-corrected chi connectivity index (χ0v) is 15.2. The number of anilines is 1. The third-order valence-corrected chi connectivity index (χ3v) is 5.80. The van der Waals surface area contributed by atoms with Gasteiger partial charge < -0.3 is 14.5 Å². The molecule has 0 bridgehead atoms. The third kappa shape index (κ3) is 4.40. The molecule has 1 amide bonds. The second-order valence-electron chi connectivity index (χ2n) is 5.81. The maximum atomic E-state index is 12.5. The second kappa shape index (κ2) is 7.86. The van der Waals surface area contributed by atoms with Crippen molar-refractivity contribution in [3.8, 4) is 0 Å². The maximum absolute atomic E-state index is 12.5. The number of amides is 1. The van der Waals surface area contributed by atoms with Crippen LogP contribution in [0.4, 0.5) is 5.69 Å². The molecule has 1 aliphatic heterocycles. The lowest BCUT2D eigenvalue weighted by Crippen LogP contribution is -2.40. The summed E-state index contributed by atoms with van der Waals surface area (Å²) in [7, 11) is -3.54. The molecule has 0 atom stereocenters. The molecule has 138 valence electrons. The highest BCUT2D eigenvalue weighted by molar-refractivity contribution is 7.89. The van der Waals surface area contributed by atoms with E-state index in [1.54, 1.807) is 24.3 Å². The van der Waals surface area contributed by atoms with E-state index in [-0.39, 0.29) is 10.8 Å². The van der Waals surface area contributed by atoms with E-state index < -0.39 is 10.0 Å². The van der Waals surface area contributed by atoms with Gasteiger partial charge in [-0.05, 0) is 49.4 Å². The number of benzene rings is 1. The number of nitrogens with one attached hydrogen (secondary N) is 1. The van der Waals surface area contributed by atoms with Crippen LogP contribution in [-0.2, 0) is 19.6 Å². The van der Waals surface area contributed by atoms with Gasteiger partial charge in [0.15, 0.2) is 0 Å².